The van der Waals surface area contributed by atoms with Crippen LogP contribution in [0.15, 0.2) is 18.2 Å². The summed E-state index contributed by atoms with van der Waals surface area (Å²) in [6.45, 7) is 9.24. The van der Waals surface area contributed by atoms with Crippen LogP contribution in [-0.4, -0.2) is 29.0 Å². The lowest BCUT2D eigenvalue weighted by Crippen LogP contribution is -2.41. The lowest BCUT2D eigenvalue weighted by molar-refractivity contribution is -0.168. The summed E-state index contributed by atoms with van der Waals surface area (Å²) in [6.07, 6.45) is 0. The van der Waals surface area contributed by atoms with E-state index in [1.54, 1.807) is 0 Å². The fourth-order valence-electron chi connectivity index (χ4n) is 2.24. The number of rotatable bonds is 3. The molecule has 0 amide bonds. The number of halogens is 3. The Kier molecular flexibility index (Phi) is 4.16. The number of hydrogen-bond donors (Lipinski definition) is 1. The minimum atomic E-state index is -3.58. The summed E-state index contributed by atoms with van der Waals surface area (Å²) in [5, 5.41) is 9.59. The zero-order valence-corrected chi connectivity index (χ0v) is 14.2. The summed E-state index contributed by atoms with van der Waals surface area (Å²) in [5.41, 5.74) is -4.15. The highest BCUT2D eigenvalue weighted by Crippen LogP contribution is 2.39. The predicted octanol–water partition coefficient (Wildman–Crippen LogP) is 2.99. The first-order valence-electron chi connectivity index (χ1n) is 7.45. The van der Waals surface area contributed by atoms with Crippen LogP contribution < -0.4 is 5.46 Å². The van der Waals surface area contributed by atoms with Gasteiger partial charge in [-0.25, -0.2) is 4.39 Å². The standard InChI is InChI=1S/C16H22BF3O3/c1-13(2,21)16(19,20)10-7-8-11(12(18)9-10)17-22-14(3,4)15(5,6)23-17/h7-9,21H,1-6H3. The summed E-state index contributed by atoms with van der Waals surface area (Å²) < 4.78 is 54.0. The van der Waals surface area contributed by atoms with Gasteiger partial charge in [-0.05, 0) is 47.6 Å². The molecule has 3 nitrogen and oxygen atoms in total. The molecule has 0 spiro atoms. The molecule has 1 aromatic carbocycles. The molecule has 0 atom stereocenters. The van der Waals surface area contributed by atoms with E-state index in [4.69, 9.17) is 9.31 Å². The molecule has 1 saturated heterocycles. The van der Waals surface area contributed by atoms with Gasteiger partial charge in [0.25, 0.3) is 0 Å². The van der Waals surface area contributed by atoms with Crippen molar-refractivity contribution >= 4 is 12.6 Å². The van der Waals surface area contributed by atoms with Crippen molar-refractivity contribution in [1.29, 1.82) is 0 Å². The first-order valence-corrected chi connectivity index (χ1v) is 7.45. The van der Waals surface area contributed by atoms with Crippen molar-refractivity contribution in [1.82, 2.24) is 0 Å². The Morgan fingerprint density at radius 3 is 1.91 bits per heavy atom. The van der Waals surface area contributed by atoms with Gasteiger partial charge in [0, 0.05) is 11.0 Å². The van der Waals surface area contributed by atoms with Crippen LogP contribution in [0.1, 0.15) is 47.1 Å². The van der Waals surface area contributed by atoms with Crippen LogP contribution in [-0.2, 0) is 15.2 Å². The molecule has 23 heavy (non-hydrogen) atoms. The molecule has 1 aliphatic heterocycles. The Bertz CT molecular complexity index is 593. The Morgan fingerprint density at radius 2 is 1.52 bits per heavy atom. The predicted molar refractivity (Wildman–Crippen MR) is 82.3 cm³/mol. The van der Waals surface area contributed by atoms with Crippen LogP contribution in [0.4, 0.5) is 13.2 Å². The van der Waals surface area contributed by atoms with Crippen LogP contribution in [0.3, 0.4) is 0 Å². The van der Waals surface area contributed by atoms with Crippen molar-refractivity contribution < 1.29 is 27.6 Å². The van der Waals surface area contributed by atoms with E-state index < -0.39 is 41.2 Å². The Morgan fingerprint density at radius 1 is 1.04 bits per heavy atom. The highest BCUT2D eigenvalue weighted by Gasteiger charge is 2.53. The highest BCUT2D eigenvalue weighted by molar-refractivity contribution is 6.62. The van der Waals surface area contributed by atoms with Gasteiger partial charge in [-0.1, -0.05) is 12.1 Å². The summed E-state index contributed by atoms with van der Waals surface area (Å²) in [7, 11) is -0.968. The van der Waals surface area contributed by atoms with E-state index in [1.807, 2.05) is 27.7 Å². The lowest BCUT2D eigenvalue weighted by Gasteiger charge is -2.32. The summed E-state index contributed by atoms with van der Waals surface area (Å²) >= 11 is 0. The number of alkyl halides is 2. The molecule has 128 valence electrons. The quantitative estimate of drug-likeness (QED) is 0.866. The third-order valence-corrected chi connectivity index (χ3v) is 4.64. The van der Waals surface area contributed by atoms with Crippen molar-refractivity contribution in [3.8, 4) is 0 Å². The Balaban J connectivity index is 2.36. The molecule has 0 bridgehead atoms. The van der Waals surface area contributed by atoms with Gasteiger partial charge in [-0.15, -0.1) is 0 Å². The van der Waals surface area contributed by atoms with Crippen molar-refractivity contribution in [2.75, 3.05) is 0 Å². The zero-order valence-electron chi connectivity index (χ0n) is 14.2. The van der Waals surface area contributed by atoms with Crippen molar-refractivity contribution in [3.05, 3.63) is 29.6 Å². The average Bonchev–Trinajstić information content (AvgIpc) is 2.56. The molecule has 0 saturated carbocycles. The second-order valence-electron chi connectivity index (χ2n) is 7.46. The third-order valence-electron chi connectivity index (χ3n) is 4.64. The molecular weight excluding hydrogens is 308 g/mol. The van der Waals surface area contributed by atoms with Gasteiger partial charge < -0.3 is 14.4 Å². The maximum absolute atomic E-state index is 14.3. The molecule has 0 aliphatic carbocycles. The third kappa shape index (κ3) is 3.02. The van der Waals surface area contributed by atoms with E-state index >= 15 is 0 Å². The van der Waals surface area contributed by atoms with E-state index in [0.29, 0.717) is 0 Å². The minimum absolute atomic E-state index is 0.0546. The largest absolute Gasteiger partial charge is 0.497 e. The summed E-state index contributed by atoms with van der Waals surface area (Å²) in [6, 6.07) is 3.02. The SMILES string of the molecule is CC(C)(O)C(F)(F)c1ccc(B2OC(C)(C)C(C)(C)O2)c(F)c1. The van der Waals surface area contributed by atoms with Gasteiger partial charge in [-0.3, -0.25) is 0 Å². The number of aliphatic hydroxyl groups is 1. The molecule has 0 unspecified atom stereocenters. The number of benzene rings is 1. The van der Waals surface area contributed by atoms with E-state index in [0.717, 1.165) is 26.0 Å². The molecule has 1 fully saturated rings. The highest BCUT2D eigenvalue weighted by atomic mass is 19.3. The van der Waals surface area contributed by atoms with Gasteiger partial charge in [-0.2, -0.15) is 8.78 Å². The summed E-state index contributed by atoms with van der Waals surface area (Å²) in [5.74, 6) is -4.44. The fourth-order valence-corrected chi connectivity index (χ4v) is 2.24. The monoisotopic (exact) mass is 330 g/mol. The molecule has 0 radical (unpaired) electrons. The van der Waals surface area contributed by atoms with Crippen LogP contribution in [0.5, 0.6) is 0 Å². The Hall–Kier alpha value is -1.05. The smallest absolute Gasteiger partial charge is 0.399 e. The first kappa shape index (κ1) is 18.3. The topological polar surface area (TPSA) is 38.7 Å². The average molecular weight is 330 g/mol. The van der Waals surface area contributed by atoms with Crippen LogP contribution in [0, 0.1) is 5.82 Å². The zero-order chi connectivity index (χ0) is 17.8. The van der Waals surface area contributed by atoms with Crippen molar-refractivity contribution in [2.24, 2.45) is 0 Å². The maximum atomic E-state index is 14.3. The van der Waals surface area contributed by atoms with Gasteiger partial charge in [0.1, 0.15) is 11.4 Å². The fraction of sp³-hybridized carbons (Fsp3) is 0.625. The van der Waals surface area contributed by atoms with Gasteiger partial charge in [0.15, 0.2) is 0 Å². The van der Waals surface area contributed by atoms with Crippen molar-refractivity contribution in [2.45, 2.75) is 64.3 Å². The lowest BCUT2D eigenvalue weighted by atomic mass is 9.77. The molecule has 7 heteroatoms. The molecule has 0 aromatic heterocycles. The second-order valence-corrected chi connectivity index (χ2v) is 7.46. The molecule has 1 N–H and O–H groups in total. The normalized spacial score (nSPS) is 20.9. The first-order chi connectivity index (χ1) is 10.2. The van der Waals surface area contributed by atoms with Gasteiger partial charge >= 0.3 is 13.0 Å². The van der Waals surface area contributed by atoms with Crippen LogP contribution in [0.25, 0.3) is 0 Å². The second kappa shape index (κ2) is 5.23. The van der Waals surface area contributed by atoms with Gasteiger partial charge in [0.05, 0.1) is 11.2 Å². The molecular formula is C16H22BF3O3. The Labute approximate surface area is 134 Å². The van der Waals surface area contributed by atoms with E-state index in [1.165, 1.54) is 6.07 Å². The van der Waals surface area contributed by atoms with Crippen molar-refractivity contribution in [3.63, 3.8) is 0 Å². The summed E-state index contributed by atoms with van der Waals surface area (Å²) in [4.78, 5) is 0. The molecule has 1 heterocycles. The molecule has 2 rings (SSSR count). The van der Waals surface area contributed by atoms with E-state index in [-0.39, 0.29) is 5.46 Å². The van der Waals surface area contributed by atoms with Crippen LogP contribution in [0.2, 0.25) is 0 Å². The molecule has 1 aliphatic rings. The van der Waals surface area contributed by atoms with Crippen LogP contribution >= 0.6 is 0 Å². The van der Waals surface area contributed by atoms with E-state index in [2.05, 4.69) is 0 Å². The van der Waals surface area contributed by atoms with Gasteiger partial charge in [0.2, 0.25) is 0 Å². The minimum Gasteiger partial charge on any atom is -0.399 e. The van der Waals surface area contributed by atoms with E-state index in [9.17, 15) is 18.3 Å². The molecule has 1 aromatic rings. The number of hydrogen-bond acceptors (Lipinski definition) is 3. The maximum Gasteiger partial charge on any atom is 0.497 e.